The van der Waals surface area contributed by atoms with Crippen LogP contribution in [-0.4, -0.2) is 0 Å². The third-order valence-electron chi connectivity index (χ3n) is 2.47. The van der Waals surface area contributed by atoms with Crippen LogP contribution in [0.5, 0.6) is 0 Å². The SMILES string of the molecule is Fc1ccc(C(Br)c2ccc(Br)cc2Cl)cc1F. The van der Waals surface area contributed by atoms with E-state index >= 15 is 0 Å². The van der Waals surface area contributed by atoms with Crippen molar-refractivity contribution in [2.75, 3.05) is 0 Å². The summed E-state index contributed by atoms with van der Waals surface area (Å²) in [5.74, 6) is -1.73. The summed E-state index contributed by atoms with van der Waals surface area (Å²) in [5.41, 5.74) is 1.41. The molecule has 0 spiro atoms. The molecule has 0 aliphatic rings. The van der Waals surface area contributed by atoms with E-state index in [1.807, 2.05) is 12.1 Å². The second-order valence-corrected chi connectivity index (χ2v) is 5.94. The smallest absolute Gasteiger partial charge is 0.159 e. The van der Waals surface area contributed by atoms with E-state index in [0.29, 0.717) is 10.6 Å². The molecule has 2 aromatic rings. The Morgan fingerprint density at radius 2 is 1.72 bits per heavy atom. The molecule has 0 saturated heterocycles. The quantitative estimate of drug-likeness (QED) is 0.558. The second-order valence-electron chi connectivity index (χ2n) is 3.70. The van der Waals surface area contributed by atoms with Gasteiger partial charge in [0.1, 0.15) is 0 Å². The Labute approximate surface area is 125 Å². The van der Waals surface area contributed by atoms with Crippen LogP contribution in [0.4, 0.5) is 8.78 Å². The van der Waals surface area contributed by atoms with Crippen LogP contribution < -0.4 is 0 Å². The highest BCUT2D eigenvalue weighted by Crippen LogP contribution is 2.36. The van der Waals surface area contributed by atoms with Crippen LogP contribution in [0.2, 0.25) is 5.02 Å². The first-order valence-corrected chi connectivity index (χ1v) is 7.11. The highest BCUT2D eigenvalue weighted by atomic mass is 79.9. The lowest BCUT2D eigenvalue weighted by Crippen LogP contribution is -1.96. The number of alkyl halides is 1. The van der Waals surface area contributed by atoms with E-state index in [4.69, 9.17) is 11.6 Å². The van der Waals surface area contributed by atoms with E-state index < -0.39 is 11.6 Å². The van der Waals surface area contributed by atoms with Crippen LogP contribution in [-0.2, 0) is 0 Å². The van der Waals surface area contributed by atoms with Gasteiger partial charge in [0.15, 0.2) is 11.6 Å². The number of rotatable bonds is 2. The predicted molar refractivity (Wildman–Crippen MR) is 76.3 cm³/mol. The topological polar surface area (TPSA) is 0 Å². The van der Waals surface area contributed by atoms with E-state index in [-0.39, 0.29) is 4.83 Å². The van der Waals surface area contributed by atoms with Crippen LogP contribution >= 0.6 is 43.5 Å². The van der Waals surface area contributed by atoms with Gasteiger partial charge in [0.05, 0.1) is 4.83 Å². The molecule has 0 radical (unpaired) electrons. The lowest BCUT2D eigenvalue weighted by atomic mass is 10.0. The summed E-state index contributed by atoms with van der Waals surface area (Å²) in [6.07, 6.45) is 0. The van der Waals surface area contributed by atoms with E-state index in [1.165, 1.54) is 6.07 Å². The molecule has 0 aromatic heterocycles. The van der Waals surface area contributed by atoms with Gasteiger partial charge in [-0.25, -0.2) is 8.78 Å². The van der Waals surface area contributed by atoms with Crippen molar-refractivity contribution in [3.63, 3.8) is 0 Å². The molecule has 2 aromatic carbocycles. The maximum Gasteiger partial charge on any atom is 0.159 e. The lowest BCUT2D eigenvalue weighted by Gasteiger charge is -2.13. The molecule has 0 saturated carbocycles. The van der Waals surface area contributed by atoms with Crippen molar-refractivity contribution < 1.29 is 8.78 Å². The Morgan fingerprint density at radius 3 is 2.33 bits per heavy atom. The largest absolute Gasteiger partial charge is 0.204 e. The summed E-state index contributed by atoms with van der Waals surface area (Å²) in [5, 5.41) is 0.552. The minimum Gasteiger partial charge on any atom is -0.204 e. The van der Waals surface area contributed by atoms with Crippen LogP contribution in [0.3, 0.4) is 0 Å². The first-order chi connectivity index (χ1) is 8.49. The zero-order valence-corrected chi connectivity index (χ0v) is 12.9. The Hall–Kier alpha value is -0.450. The van der Waals surface area contributed by atoms with Gasteiger partial charge in [-0.05, 0) is 35.4 Å². The fraction of sp³-hybridized carbons (Fsp3) is 0.0769. The van der Waals surface area contributed by atoms with Gasteiger partial charge < -0.3 is 0 Å². The average molecular weight is 396 g/mol. The number of hydrogen-bond acceptors (Lipinski definition) is 0. The summed E-state index contributed by atoms with van der Waals surface area (Å²) in [6.45, 7) is 0. The van der Waals surface area contributed by atoms with Crippen molar-refractivity contribution in [2.45, 2.75) is 4.83 Å². The molecule has 5 heteroatoms. The Morgan fingerprint density at radius 1 is 1.00 bits per heavy atom. The molecule has 2 rings (SSSR count). The molecule has 1 unspecified atom stereocenters. The Balaban J connectivity index is 2.41. The minimum atomic E-state index is -0.870. The third-order valence-corrected chi connectivity index (χ3v) is 4.31. The predicted octanol–water partition coefficient (Wildman–Crippen LogP) is 5.87. The standard InChI is InChI=1S/C13H7Br2ClF2/c14-8-2-3-9(10(16)6-8)13(15)7-1-4-11(17)12(18)5-7/h1-6,13H. The number of hydrogen-bond donors (Lipinski definition) is 0. The molecule has 0 amide bonds. The van der Waals surface area contributed by atoms with Gasteiger partial charge in [0.25, 0.3) is 0 Å². The van der Waals surface area contributed by atoms with Gasteiger partial charge in [0.2, 0.25) is 0 Å². The van der Waals surface area contributed by atoms with Crippen molar-refractivity contribution in [2.24, 2.45) is 0 Å². The van der Waals surface area contributed by atoms with Gasteiger partial charge in [0, 0.05) is 9.50 Å². The summed E-state index contributed by atoms with van der Waals surface area (Å²) in [6, 6.07) is 9.21. The zero-order chi connectivity index (χ0) is 13.3. The highest BCUT2D eigenvalue weighted by Gasteiger charge is 2.15. The van der Waals surface area contributed by atoms with Gasteiger partial charge in [-0.1, -0.05) is 55.6 Å². The summed E-state index contributed by atoms with van der Waals surface area (Å²) < 4.78 is 26.9. The molecule has 0 bridgehead atoms. The van der Waals surface area contributed by atoms with Gasteiger partial charge in [-0.2, -0.15) is 0 Å². The fourth-order valence-corrected chi connectivity index (χ4v) is 3.15. The minimum absolute atomic E-state index is 0.284. The fourth-order valence-electron chi connectivity index (χ4n) is 1.56. The normalized spacial score (nSPS) is 12.5. The van der Waals surface area contributed by atoms with E-state index in [2.05, 4.69) is 31.9 Å². The average Bonchev–Trinajstić information content (AvgIpc) is 2.32. The monoisotopic (exact) mass is 394 g/mol. The molecular formula is C13H7Br2ClF2. The van der Waals surface area contributed by atoms with Gasteiger partial charge in [-0.15, -0.1) is 0 Å². The van der Waals surface area contributed by atoms with Crippen molar-refractivity contribution in [1.82, 2.24) is 0 Å². The third kappa shape index (κ3) is 2.92. The molecule has 0 nitrogen and oxygen atoms in total. The number of halogens is 5. The van der Waals surface area contributed by atoms with E-state index in [1.54, 1.807) is 6.07 Å². The van der Waals surface area contributed by atoms with Crippen molar-refractivity contribution in [1.29, 1.82) is 0 Å². The summed E-state index contributed by atoms with van der Waals surface area (Å²) in [4.78, 5) is -0.284. The zero-order valence-electron chi connectivity index (χ0n) is 8.93. The summed E-state index contributed by atoms with van der Waals surface area (Å²) >= 11 is 12.9. The molecule has 1 atom stereocenters. The molecule has 0 heterocycles. The molecule has 94 valence electrons. The van der Waals surface area contributed by atoms with Crippen LogP contribution in [0.15, 0.2) is 40.9 Å². The van der Waals surface area contributed by atoms with E-state index in [9.17, 15) is 8.78 Å². The number of benzene rings is 2. The lowest BCUT2D eigenvalue weighted by molar-refractivity contribution is 0.507. The maximum absolute atomic E-state index is 13.2. The van der Waals surface area contributed by atoms with Crippen molar-refractivity contribution in [3.8, 4) is 0 Å². The molecule has 0 fully saturated rings. The molecule has 0 aliphatic heterocycles. The molecular weight excluding hydrogens is 389 g/mol. The first kappa shape index (κ1) is 14.0. The summed E-state index contributed by atoms with van der Waals surface area (Å²) in [7, 11) is 0. The van der Waals surface area contributed by atoms with Crippen molar-refractivity contribution in [3.05, 3.63) is 68.7 Å². The van der Waals surface area contributed by atoms with Crippen LogP contribution in [0.25, 0.3) is 0 Å². The van der Waals surface area contributed by atoms with E-state index in [0.717, 1.165) is 22.2 Å². The second kappa shape index (κ2) is 5.68. The Bertz CT molecular complexity index is 587. The van der Waals surface area contributed by atoms with Gasteiger partial charge >= 0.3 is 0 Å². The maximum atomic E-state index is 13.2. The Kier molecular flexibility index (Phi) is 4.41. The van der Waals surface area contributed by atoms with Crippen LogP contribution in [0.1, 0.15) is 16.0 Å². The first-order valence-electron chi connectivity index (χ1n) is 5.03. The van der Waals surface area contributed by atoms with Crippen LogP contribution in [0, 0.1) is 11.6 Å². The highest BCUT2D eigenvalue weighted by molar-refractivity contribution is 9.10. The molecule has 0 N–H and O–H groups in total. The van der Waals surface area contributed by atoms with Crippen molar-refractivity contribution >= 4 is 43.5 Å². The molecule has 0 aliphatic carbocycles. The molecule has 18 heavy (non-hydrogen) atoms. The van der Waals surface area contributed by atoms with Gasteiger partial charge in [-0.3, -0.25) is 0 Å².